The standard InChI is InChI=1S/C10H17N3O2S.ClH/c1-3-4-10(2,11)8(14)12-5-7-6-16-9(15)13-7;/h6H,3-5,11H2,1-2H3,(H,12,14)(H,13,15);1H. The molecule has 1 aromatic rings. The van der Waals surface area contributed by atoms with Crippen LogP contribution in [0.5, 0.6) is 0 Å². The molecular formula is C10H18ClN3O2S. The van der Waals surface area contributed by atoms with Gasteiger partial charge in [0.25, 0.3) is 0 Å². The highest BCUT2D eigenvalue weighted by Gasteiger charge is 2.26. The molecule has 0 aliphatic rings. The molecule has 1 amide bonds. The third-order valence-electron chi connectivity index (χ3n) is 2.30. The van der Waals surface area contributed by atoms with Gasteiger partial charge in [-0.3, -0.25) is 9.59 Å². The maximum Gasteiger partial charge on any atom is 0.304 e. The van der Waals surface area contributed by atoms with E-state index in [1.54, 1.807) is 12.3 Å². The maximum absolute atomic E-state index is 11.7. The van der Waals surface area contributed by atoms with Gasteiger partial charge in [0.1, 0.15) is 0 Å². The minimum Gasteiger partial charge on any atom is -0.349 e. The molecule has 17 heavy (non-hydrogen) atoms. The minimum absolute atomic E-state index is 0. The predicted molar refractivity (Wildman–Crippen MR) is 71.5 cm³/mol. The van der Waals surface area contributed by atoms with Gasteiger partial charge < -0.3 is 16.0 Å². The molecule has 4 N–H and O–H groups in total. The molecule has 0 bridgehead atoms. The van der Waals surface area contributed by atoms with Gasteiger partial charge in [0, 0.05) is 11.1 Å². The highest BCUT2D eigenvalue weighted by Crippen LogP contribution is 2.08. The van der Waals surface area contributed by atoms with Crippen LogP contribution in [-0.2, 0) is 11.3 Å². The van der Waals surface area contributed by atoms with Gasteiger partial charge in [-0.2, -0.15) is 0 Å². The van der Waals surface area contributed by atoms with Crippen molar-refractivity contribution >= 4 is 29.7 Å². The largest absolute Gasteiger partial charge is 0.349 e. The average Bonchev–Trinajstić information content (AvgIpc) is 2.60. The van der Waals surface area contributed by atoms with Crippen LogP contribution in [0.25, 0.3) is 0 Å². The van der Waals surface area contributed by atoms with E-state index in [9.17, 15) is 9.59 Å². The van der Waals surface area contributed by atoms with Crippen molar-refractivity contribution in [3.8, 4) is 0 Å². The molecule has 7 heteroatoms. The molecule has 1 rings (SSSR count). The fourth-order valence-electron chi connectivity index (χ4n) is 1.41. The smallest absolute Gasteiger partial charge is 0.304 e. The second kappa shape index (κ2) is 6.78. The Morgan fingerprint density at radius 1 is 1.65 bits per heavy atom. The normalized spacial score (nSPS) is 13.6. The first-order valence-corrected chi connectivity index (χ1v) is 6.07. The summed E-state index contributed by atoms with van der Waals surface area (Å²) in [6.07, 6.45) is 1.49. The lowest BCUT2D eigenvalue weighted by Crippen LogP contribution is -2.51. The Bertz CT molecular complexity index is 414. The van der Waals surface area contributed by atoms with Crippen molar-refractivity contribution in [2.75, 3.05) is 0 Å². The SMILES string of the molecule is CCCC(C)(N)C(=O)NCc1csc(=O)[nH]1.Cl. The van der Waals surface area contributed by atoms with Crippen LogP contribution >= 0.6 is 23.7 Å². The van der Waals surface area contributed by atoms with Crippen molar-refractivity contribution in [1.82, 2.24) is 10.3 Å². The summed E-state index contributed by atoms with van der Waals surface area (Å²) in [5.74, 6) is -0.193. The monoisotopic (exact) mass is 279 g/mol. The fourth-order valence-corrected chi connectivity index (χ4v) is 1.99. The van der Waals surface area contributed by atoms with Crippen molar-refractivity contribution in [1.29, 1.82) is 0 Å². The van der Waals surface area contributed by atoms with Crippen LogP contribution in [0.1, 0.15) is 32.4 Å². The Hall–Kier alpha value is -0.850. The van der Waals surface area contributed by atoms with Gasteiger partial charge in [-0.1, -0.05) is 24.7 Å². The van der Waals surface area contributed by atoms with E-state index in [0.29, 0.717) is 18.7 Å². The Balaban J connectivity index is 0.00000256. The van der Waals surface area contributed by atoms with E-state index in [2.05, 4.69) is 10.3 Å². The zero-order valence-electron chi connectivity index (χ0n) is 9.91. The Morgan fingerprint density at radius 2 is 2.29 bits per heavy atom. The molecule has 0 saturated carbocycles. The quantitative estimate of drug-likeness (QED) is 0.751. The zero-order chi connectivity index (χ0) is 12.2. The van der Waals surface area contributed by atoms with Crippen molar-refractivity contribution in [2.24, 2.45) is 5.73 Å². The summed E-state index contributed by atoms with van der Waals surface area (Å²) in [5, 5.41) is 4.40. The lowest BCUT2D eigenvalue weighted by Gasteiger charge is -2.22. The second-order valence-electron chi connectivity index (χ2n) is 4.02. The number of carbonyl (C=O) groups is 1. The molecule has 1 unspecified atom stereocenters. The lowest BCUT2D eigenvalue weighted by atomic mass is 9.96. The summed E-state index contributed by atoms with van der Waals surface area (Å²) in [4.78, 5) is 25.1. The Kier molecular flexibility index (Phi) is 6.44. The highest BCUT2D eigenvalue weighted by molar-refractivity contribution is 7.07. The summed E-state index contributed by atoms with van der Waals surface area (Å²) in [6, 6.07) is 0. The van der Waals surface area contributed by atoms with Crippen LogP contribution in [-0.4, -0.2) is 16.4 Å². The molecule has 0 radical (unpaired) electrons. The van der Waals surface area contributed by atoms with E-state index in [-0.39, 0.29) is 23.2 Å². The number of aromatic amines is 1. The fraction of sp³-hybridized carbons (Fsp3) is 0.600. The molecule has 0 spiro atoms. The number of nitrogens with one attached hydrogen (secondary N) is 2. The van der Waals surface area contributed by atoms with Gasteiger partial charge in [0.15, 0.2) is 0 Å². The van der Waals surface area contributed by atoms with Crippen molar-refractivity contribution in [3.63, 3.8) is 0 Å². The van der Waals surface area contributed by atoms with Crippen molar-refractivity contribution in [3.05, 3.63) is 20.7 Å². The van der Waals surface area contributed by atoms with Gasteiger partial charge in [-0.15, -0.1) is 12.4 Å². The predicted octanol–water partition coefficient (Wildman–Crippen LogP) is 0.992. The molecule has 98 valence electrons. The minimum atomic E-state index is -0.842. The first kappa shape index (κ1) is 16.1. The first-order chi connectivity index (χ1) is 7.45. The van der Waals surface area contributed by atoms with E-state index >= 15 is 0 Å². The molecular weight excluding hydrogens is 262 g/mol. The summed E-state index contributed by atoms with van der Waals surface area (Å²) in [6.45, 7) is 4.00. The number of halogens is 1. The molecule has 5 nitrogen and oxygen atoms in total. The highest BCUT2D eigenvalue weighted by atomic mass is 35.5. The summed E-state index contributed by atoms with van der Waals surface area (Å²) < 4.78 is 0. The van der Waals surface area contributed by atoms with Gasteiger partial charge >= 0.3 is 4.87 Å². The van der Waals surface area contributed by atoms with E-state index in [1.807, 2.05) is 6.92 Å². The number of aromatic nitrogens is 1. The molecule has 0 aromatic carbocycles. The number of carbonyl (C=O) groups excluding carboxylic acids is 1. The zero-order valence-corrected chi connectivity index (χ0v) is 11.5. The number of rotatable bonds is 5. The number of thiazole rings is 1. The van der Waals surface area contributed by atoms with E-state index in [0.717, 1.165) is 17.8 Å². The Morgan fingerprint density at radius 3 is 2.76 bits per heavy atom. The number of amides is 1. The number of hydrogen-bond acceptors (Lipinski definition) is 4. The Labute approximate surface area is 110 Å². The van der Waals surface area contributed by atoms with Crippen LogP contribution in [0.4, 0.5) is 0 Å². The van der Waals surface area contributed by atoms with Crippen LogP contribution in [0.2, 0.25) is 0 Å². The number of nitrogens with two attached hydrogens (primary N) is 1. The van der Waals surface area contributed by atoms with Gasteiger partial charge in [0.2, 0.25) is 5.91 Å². The van der Waals surface area contributed by atoms with Gasteiger partial charge in [-0.25, -0.2) is 0 Å². The van der Waals surface area contributed by atoms with E-state index in [1.165, 1.54) is 0 Å². The summed E-state index contributed by atoms with van der Waals surface area (Å²) in [7, 11) is 0. The molecule has 1 atom stereocenters. The third-order valence-corrected chi connectivity index (χ3v) is 3.02. The maximum atomic E-state index is 11.7. The molecule has 1 aromatic heterocycles. The van der Waals surface area contributed by atoms with Crippen LogP contribution in [0.15, 0.2) is 10.2 Å². The summed E-state index contributed by atoms with van der Waals surface area (Å²) in [5.41, 5.74) is 5.72. The third kappa shape index (κ3) is 4.89. The van der Waals surface area contributed by atoms with Crippen LogP contribution < -0.4 is 15.9 Å². The number of hydrogen-bond donors (Lipinski definition) is 3. The summed E-state index contributed by atoms with van der Waals surface area (Å²) >= 11 is 1.08. The number of H-pyrrole nitrogens is 1. The van der Waals surface area contributed by atoms with Crippen LogP contribution in [0.3, 0.4) is 0 Å². The van der Waals surface area contributed by atoms with Crippen molar-refractivity contribution in [2.45, 2.75) is 38.8 Å². The van der Waals surface area contributed by atoms with Gasteiger partial charge in [0.05, 0.1) is 12.1 Å². The molecule has 0 aliphatic carbocycles. The average molecular weight is 280 g/mol. The molecule has 0 aliphatic heterocycles. The molecule has 1 heterocycles. The first-order valence-electron chi connectivity index (χ1n) is 5.19. The lowest BCUT2D eigenvalue weighted by molar-refractivity contribution is -0.126. The van der Waals surface area contributed by atoms with Crippen molar-refractivity contribution < 1.29 is 4.79 Å². The van der Waals surface area contributed by atoms with Crippen LogP contribution in [0, 0.1) is 0 Å². The van der Waals surface area contributed by atoms with E-state index in [4.69, 9.17) is 5.73 Å². The molecule has 0 fully saturated rings. The van der Waals surface area contributed by atoms with E-state index < -0.39 is 5.54 Å². The second-order valence-corrected chi connectivity index (χ2v) is 4.87. The molecule has 0 saturated heterocycles. The van der Waals surface area contributed by atoms with Gasteiger partial charge in [-0.05, 0) is 13.3 Å². The topological polar surface area (TPSA) is 88.0 Å².